The Balaban J connectivity index is 2.32. The summed E-state index contributed by atoms with van der Waals surface area (Å²) in [6, 6.07) is 3.53. The summed E-state index contributed by atoms with van der Waals surface area (Å²) in [6.45, 7) is 3.25. The molecule has 0 spiro atoms. The Morgan fingerprint density at radius 3 is 2.75 bits per heavy atom. The minimum Gasteiger partial charge on any atom is -0.462 e. The lowest BCUT2D eigenvalue weighted by Crippen LogP contribution is -2.16. The van der Waals surface area contributed by atoms with Crippen LogP contribution in [-0.2, 0) is 4.74 Å². The molecule has 0 saturated heterocycles. The van der Waals surface area contributed by atoms with E-state index < -0.39 is 0 Å². The zero-order valence-corrected chi connectivity index (χ0v) is 10.1. The number of aryl methyl sites for hydroxylation is 1. The molecule has 1 rings (SSSR count). The van der Waals surface area contributed by atoms with Gasteiger partial charge in [0.15, 0.2) is 0 Å². The largest absolute Gasteiger partial charge is 0.462 e. The van der Waals surface area contributed by atoms with E-state index in [0.29, 0.717) is 12.2 Å². The van der Waals surface area contributed by atoms with Crippen LogP contribution in [0.4, 0.5) is 0 Å². The van der Waals surface area contributed by atoms with Crippen molar-refractivity contribution in [3.63, 3.8) is 0 Å². The first-order chi connectivity index (χ1) is 7.59. The summed E-state index contributed by atoms with van der Waals surface area (Å²) in [5, 5.41) is 0. The molecule has 0 N–H and O–H groups in total. The second-order valence-corrected chi connectivity index (χ2v) is 3.98. The summed E-state index contributed by atoms with van der Waals surface area (Å²) in [5.41, 5.74) is 1.40. The van der Waals surface area contributed by atoms with E-state index in [1.807, 2.05) is 21.0 Å². The van der Waals surface area contributed by atoms with Crippen LogP contribution >= 0.6 is 0 Å². The minimum absolute atomic E-state index is 0.300. The van der Waals surface area contributed by atoms with Gasteiger partial charge in [-0.1, -0.05) is 0 Å². The van der Waals surface area contributed by atoms with Crippen molar-refractivity contribution in [3.05, 3.63) is 29.6 Å². The van der Waals surface area contributed by atoms with Crippen LogP contribution in [0.2, 0.25) is 0 Å². The first kappa shape index (κ1) is 12.6. The molecule has 16 heavy (non-hydrogen) atoms. The van der Waals surface area contributed by atoms with Gasteiger partial charge in [-0.05, 0) is 39.6 Å². The van der Waals surface area contributed by atoms with Gasteiger partial charge in [-0.2, -0.15) is 0 Å². The predicted molar refractivity (Wildman–Crippen MR) is 62.4 cm³/mol. The van der Waals surface area contributed by atoms with E-state index in [2.05, 4.69) is 9.88 Å². The summed E-state index contributed by atoms with van der Waals surface area (Å²) in [4.78, 5) is 17.6. The molecule has 0 amide bonds. The number of carbonyl (C=O) groups excluding carboxylic acids is 1. The number of nitrogens with zero attached hydrogens (tertiary/aromatic N) is 2. The fraction of sp³-hybridized carbons (Fsp3) is 0.500. The Labute approximate surface area is 96.2 Å². The van der Waals surface area contributed by atoms with Crippen molar-refractivity contribution in [1.82, 2.24) is 9.88 Å². The third kappa shape index (κ3) is 4.40. The number of carbonyl (C=O) groups is 1. The van der Waals surface area contributed by atoms with E-state index in [1.54, 1.807) is 18.3 Å². The van der Waals surface area contributed by atoms with Gasteiger partial charge in [0, 0.05) is 18.4 Å². The molecule has 0 aliphatic heterocycles. The lowest BCUT2D eigenvalue weighted by Gasteiger charge is -2.09. The molecule has 1 aromatic rings. The molecular weight excluding hydrogens is 204 g/mol. The maximum atomic E-state index is 11.5. The maximum absolute atomic E-state index is 11.5. The molecule has 88 valence electrons. The predicted octanol–water partition coefficient (Wildman–Crippen LogP) is 1.50. The van der Waals surface area contributed by atoms with Crippen molar-refractivity contribution < 1.29 is 9.53 Å². The Kier molecular flexibility index (Phi) is 4.92. The van der Waals surface area contributed by atoms with Gasteiger partial charge in [0.25, 0.3) is 0 Å². The molecular formula is C12H18N2O2. The molecule has 0 saturated carbocycles. The first-order valence-electron chi connectivity index (χ1n) is 5.34. The Bertz CT molecular complexity index is 333. The van der Waals surface area contributed by atoms with Crippen LogP contribution in [-0.4, -0.2) is 43.1 Å². The molecule has 0 aromatic carbocycles. The number of aromatic nitrogens is 1. The quantitative estimate of drug-likeness (QED) is 0.559. The lowest BCUT2D eigenvalue weighted by atomic mass is 10.2. The van der Waals surface area contributed by atoms with Gasteiger partial charge in [0.05, 0.1) is 12.2 Å². The number of esters is 1. The van der Waals surface area contributed by atoms with Gasteiger partial charge in [0.2, 0.25) is 0 Å². The van der Waals surface area contributed by atoms with Crippen molar-refractivity contribution in [2.24, 2.45) is 0 Å². The Hall–Kier alpha value is -1.42. The van der Waals surface area contributed by atoms with Crippen LogP contribution in [0.5, 0.6) is 0 Å². The second-order valence-electron chi connectivity index (χ2n) is 3.98. The molecule has 0 fully saturated rings. The summed E-state index contributed by atoms with van der Waals surface area (Å²) in [6.07, 6.45) is 2.39. The third-order valence-electron chi connectivity index (χ3n) is 2.13. The van der Waals surface area contributed by atoms with Gasteiger partial charge in [-0.3, -0.25) is 4.98 Å². The van der Waals surface area contributed by atoms with Gasteiger partial charge in [-0.25, -0.2) is 4.79 Å². The second kappa shape index (κ2) is 6.23. The fourth-order valence-corrected chi connectivity index (χ4v) is 1.22. The minimum atomic E-state index is -0.300. The van der Waals surface area contributed by atoms with E-state index in [1.165, 1.54) is 0 Å². The maximum Gasteiger partial charge on any atom is 0.339 e. The molecule has 4 nitrogen and oxygen atoms in total. The fourth-order valence-electron chi connectivity index (χ4n) is 1.22. The number of pyridine rings is 1. The van der Waals surface area contributed by atoms with Crippen LogP contribution in [0, 0.1) is 6.92 Å². The first-order valence-corrected chi connectivity index (χ1v) is 5.34. The molecule has 0 aliphatic carbocycles. The number of hydrogen-bond acceptors (Lipinski definition) is 4. The highest BCUT2D eigenvalue weighted by molar-refractivity contribution is 5.88. The number of rotatable bonds is 5. The molecule has 0 radical (unpaired) electrons. The van der Waals surface area contributed by atoms with Crippen molar-refractivity contribution in [1.29, 1.82) is 0 Å². The number of hydrogen-bond donors (Lipinski definition) is 0. The third-order valence-corrected chi connectivity index (χ3v) is 2.13. The Morgan fingerprint density at radius 1 is 1.44 bits per heavy atom. The zero-order chi connectivity index (χ0) is 12.0. The smallest absolute Gasteiger partial charge is 0.339 e. The van der Waals surface area contributed by atoms with E-state index in [0.717, 1.165) is 18.7 Å². The molecule has 0 atom stereocenters. The highest BCUT2D eigenvalue weighted by Gasteiger charge is 2.06. The van der Waals surface area contributed by atoms with Crippen molar-refractivity contribution in [2.75, 3.05) is 27.2 Å². The molecule has 0 unspecified atom stereocenters. The van der Waals surface area contributed by atoms with Gasteiger partial charge < -0.3 is 9.64 Å². The normalized spacial score (nSPS) is 10.5. The molecule has 0 bridgehead atoms. The summed E-state index contributed by atoms with van der Waals surface area (Å²) < 4.78 is 5.11. The van der Waals surface area contributed by atoms with Crippen LogP contribution < -0.4 is 0 Å². The van der Waals surface area contributed by atoms with E-state index in [9.17, 15) is 4.79 Å². The average Bonchev–Trinajstić information content (AvgIpc) is 2.25. The van der Waals surface area contributed by atoms with Crippen molar-refractivity contribution >= 4 is 5.97 Å². The molecule has 4 heteroatoms. The SMILES string of the molecule is Cc1ccc(C(=O)OCCCN(C)C)cn1. The van der Waals surface area contributed by atoms with E-state index in [-0.39, 0.29) is 5.97 Å². The molecule has 1 heterocycles. The van der Waals surface area contributed by atoms with Gasteiger partial charge in [-0.15, -0.1) is 0 Å². The van der Waals surface area contributed by atoms with Crippen LogP contribution in [0.25, 0.3) is 0 Å². The zero-order valence-electron chi connectivity index (χ0n) is 10.1. The van der Waals surface area contributed by atoms with E-state index >= 15 is 0 Å². The topological polar surface area (TPSA) is 42.4 Å². The van der Waals surface area contributed by atoms with E-state index in [4.69, 9.17) is 4.74 Å². The Morgan fingerprint density at radius 2 is 2.19 bits per heavy atom. The standard InChI is InChI=1S/C12H18N2O2/c1-10-5-6-11(9-13-10)12(15)16-8-4-7-14(2)3/h5-6,9H,4,7-8H2,1-3H3. The van der Waals surface area contributed by atoms with Gasteiger partial charge in [0.1, 0.15) is 0 Å². The summed E-state index contributed by atoms with van der Waals surface area (Å²) >= 11 is 0. The summed E-state index contributed by atoms with van der Waals surface area (Å²) in [7, 11) is 3.98. The van der Waals surface area contributed by atoms with Crippen molar-refractivity contribution in [3.8, 4) is 0 Å². The lowest BCUT2D eigenvalue weighted by molar-refractivity contribution is 0.0493. The summed E-state index contributed by atoms with van der Waals surface area (Å²) in [5.74, 6) is -0.300. The van der Waals surface area contributed by atoms with Crippen molar-refractivity contribution in [2.45, 2.75) is 13.3 Å². The highest BCUT2D eigenvalue weighted by atomic mass is 16.5. The number of ether oxygens (including phenoxy) is 1. The molecule has 0 aliphatic rings. The van der Waals surface area contributed by atoms with Crippen LogP contribution in [0.15, 0.2) is 18.3 Å². The monoisotopic (exact) mass is 222 g/mol. The van der Waals surface area contributed by atoms with Crippen LogP contribution in [0.3, 0.4) is 0 Å². The average molecular weight is 222 g/mol. The highest BCUT2D eigenvalue weighted by Crippen LogP contribution is 2.02. The van der Waals surface area contributed by atoms with Crippen LogP contribution in [0.1, 0.15) is 22.5 Å². The van der Waals surface area contributed by atoms with Gasteiger partial charge >= 0.3 is 5.97 Å². The molecule has 1 aromatic heterocycles.